The summed E-state index contributed by atoms with van der Waals surface area (Å²) < 4.78 is 17.1. The van der Waals surface area contributed by atoms with Crippen molar-refractivity contribution in [3.05, 3.63) is 39.9 Å². The van der Waals surface area contributed by atoms with Gasteiger partial charge in [0, 0.05) is 75.8 Å². The number of nitrogens with one attached hydrogen (secondary N) is 1. The van der Waals surface area contributed by atoms with Crippen LogP contribution in [-0.2, 0) is 30.3 Å². The monoisotopic (exact) mass is 667 g/mol. The fraction of sp³-hybridized carbons (Fsp3) is 0.576. The molecule has 1 amide bonds. The third kappa shape index (κ3) is 6.43. The van der Waals surface area contributed by atoms with Crippen LogP contribution in [0.5, 0.6) is 0 Å². The molecule has 2 saturated heterocycles. The van der Waals surface area contributed by atoms with Crippen molar-refractivity contribution in [3.63, 3.8) is 0 Å². The van der Waals surface area contributed by atoms with E-state index in [1.54, 1.807) is 16.3 Å². The molecule has 13 heteroatoms. The molecule has 46 heavy (non-hydrogen) atoms. The van der Waals surface area contributed by atoms with Crippen LogP contribution in [0.3, 0.4) is 0 Å². The third-order valence-electron chi connectivity index (χ3n) is 9.01. The molecule has 2 atom stereocenters. The molecule has 3 aromatic heterocycles. The number of aromatic nitrogens is 5. The second-order valence-electron chi connectivity index (χ2n) is 15.1. The molecule has 1 N–H and O–H groups in total. The van der Waals surface area contributed by atoms with E-state index >= 15 is 0 Å². The number of hydrogen-bond donors (Lipinski definition) is 1. The van der Waals surface area contributed by atoms with E-state index in [0.717, 1.165) is 53.8 Å². The summed E-state index contributed by atoms with van der Waals surface area (Å²) >= 11 is 6.99. The molecule has 0 spiro atoms. The van der Waals surface area contributed by atoms with E-state index in [2.05, 4.69) is 35.0 Å². The van der Waals surface area contributed by atoms with E-state index in [4.69, 9.17) is 26.1 Å². The Morgan fingerprint density at radius 2 is 1.78 bits per heavy atom. The number of alkyl carbamates (subject to hydrolysis) is 1. The van der Waals surface area contributed by atoms with Gasteiger partial charge in [-0.3, -0.25) is 14.0 Å². The smallest absolute Gasteiger partial charge is 0.407 e. The quantitative estimate of drug-likeness (QED) is 0.174. The van der Waals surface area contributed by atoms with Gasteiger partial charge in [-0.05, 0) is 58.6 Å². The molecule has 5 heterocycles. The number of hydrogen-bond acceptors (Lipinski definition) is 7. The number of ether oxygens (including phenoxy) is 2. The first-order valence-electron chi connectivity index (χ1n) is 16.2. The maximum Gasteiger partial charge on any atom is 0.407 e. The molecule has 1 aromatic carbocycles. The number of amides is 1. The lowest BCUT2D eigenvalue weighted by molar-refractivity contribution is 0.0492. The van der Waals surface area contributed by atoms with Gasteiger partial charge in [0.15, 0.2) is 5.65 Å². The number of benzene rings is 1. The minimum Gasteiger partial charge on any atom is -0.444 e. The van der Waals surface area contributed by atoms with Gasteiger partial charge in [-0.15, -0.1) is 0 Å². The van der Waals surface area contributed by atoms with E-state index < -0.39 is 13.7 Å². The Balaban J connectivity index is 1.38. The van der Waals surface area contributed by atoms with Gasteiger partial charge in [0.05, 0.1) is 15.9 Å². The number of aryl methyl sites for hydroxylation is 1. The van der Waals surface area contributed by atoms with Gasteiger partial charge in [-0.2, -0.15) is 10.1 Å². The lowest BCUT2D eigenvalue weighted by atomic mass is 9.98. The predicted molar refractivity (Wildman–Crippen MR) is 185 cm³/mol. The molecule has 2 bridgehead atoms. The zero-order valence-corrected chi connectivity index (χ0v) is 29.9. The zero-order chi connectivity index (χ0) is 33.1. The summed E-state index contributed by atoms with van der Waals surface area (Å²) in [6, 6.07) is 5.20. The first-order valence-corrected chi connectivity index (χ1v) is 20.3. The van der Waals surface area contributed by atoms with Gasteiger partial charge in [0.1, 0.15) is 12.3 Å². The van der Waals surface area contributed by atoms with Crippen LogP contribution in [0.1, 0.15) is 46.5 Å². The van der Waals surface area contributed by atoms with Crippen molar-refractivity contribution in [1.82, 2.24) is 29.2 Å². The van der Waals surface area contributed by atoms with Crippen LogP contribution < -0.4 is 15.8 Å². The van der Waals surface area contributed by atoms with Crippen LogP contribution in [-0.4, -0.2) is 68.4 Å². The summed E-state index contributed by atoms with van der Waals surface area (Å²) in [5, 5.41) is 9.46. The average molecular weight is 668 g/mol. The summed E-state index contributed by atoms with van der Waals surface area (Å²) in [6.07, 6.45) is 6.92. The molecule has 0 aliphatic carbocycles. The van der Waals surface area contributed by atoms with Crippen molar-refractivity contribution in [3.8, 4) is 11.1 Å². The van der Waals surface area contributed by atoms with E-state index in [1.165, 1.54) is 0 Å². The van der Waals surface area contributed by atoms with Gasteiger partial charge in [0.25, 0.3) is 5.56 Å². The van der Waals surface area contributed by atoms with E-state index in [-0.39, 0.29) is 36.5 Å². The Morgan fingerprint density at radius 1 is 1.09 bits per heavy atom. The molecule has 2 aliphatic heterocycles. The number of halogens is 1. The summed E-state index contributed by atoms with van der Waals surface area (Å²) in [6.45, 7) is 13.5. The Hall–Kier alpha value is -3.35. The number of carbonyl (C=O) groups is 1. The van der Waals surface area contributed by atoms with Crippen molar-refractivity contribution in [1.29, 1.82) is 0 Å². The second kappa shape index (κ2) is 12.0. The highest BCUT2D eigenvalue weighted by Crippen LogP contribution is 2.41. The Labute approximate surface area is 275 Å². The average Bonchev–Trinajstić information content (AvgIpc) is 3.58. The molecule has 2 fully saturated rings. The largest absolute Gasteiger partial charge is 0.444 e. The normalized spacial score (nSPS) is 20.2. The summed E-state index contributed by atoms with van der Waals surface area (Å²) in [5.74, 6) is 0.641. The number of piperidine rings is 1. The Bertz CT molecular complexity index is 1840. The Kier molecular flexibility index (Phi) is 8.52. The van der Waals surface area contributed by atoms with Gasteiger partial charge in [0.2, 0.25) is 5.95 Å². The van der Waals surface area contributed by atoms with Crippen molar-refractivity contribution in [2.75, 3.05) is 11.5 Å². The maximum absolute atomic E-state index is 14.3. The lowest BCUT2D eigenvalue weighted by Crippen LogP contribution is -2.52. The first-order chi connectivity index (χ1) is 21.6. The van der Waals surface area contributed by atoms with Crippen LogP contribution in [0.2, 0.25) is 30.7 Å². The Morgan fingerprint density at radius 3 is 2.43 bits per heavy atom. The van der Waals surface area contributed by atoms with Gasteiger partial charge in [-0.1, -0.05) is 37.3 Å². The molecule has 2 aliphatic rings. The van der Waals surface area contributed by atoms with Gasteiger partial charge < -0.3 is 24.3 Å². The van der Waals surface area contributed by atoms with Crippen molar-refractivity contribution in [2.24, 2.45) is 14.1 Å². The molecule has 4 aromatic rings. The van der Waals surface area contributed by atoms with E-state index in [1.807, 2.05) is 56.9 Å². The standard InChI is InChI=1S/C33H46ClN7O4Si/c1-33(2,3)45-32(43)35-20-15-21-9-10-22(16-20)41(21)31-36-29-27(30(42)39(31)5)24(18-40(29)19-44-13-14-46(6,7)8)23-11-12-26-25(28(23)34)17-38(4)37-26/h11-12,17-18,20-22H,9-10,13-16,19H2,1-8H3,(H,35,43). The number of rotatable bonds is 8. The van der Waals surface area contributed by atoms with Gasteiger partial charge >= 0.3 is 6.09 Å². The van der Waals surface area contributed by atoms with Crippen LogP contribution in [0.15, 0.2) is 29.3 Å². The fourth-order valence-corrected chi connectivity index (χ4v) is 7.93. The second-order valence-corrected chi connectivity index (χ2v) is 21.1. The summed E-state index contributed by atoms with van der Waals surface area (Å²) in [4.78, 5) is 34.4. The minimum atomic E-state index is -1.28. The maximum atomic E-state index is 14.3. The molecular formula is C33H46ClN7O4Si. The molecule has 0 saturated carbocycles. The van der Waals surface area contributed by atoms with Gasteiger partial charge in [-0.25, -0.2) is 4.79 Å². The highest BCUT2D eigenvalue weighted by molar-refractivity contribution is 6.76. The number of anilines is 1. The summed E-state index contributed by atoms with van der Waals surface area (Å²) in [7, 11) is 2.38. The molecule has 6 rings (SSSR count). The van der Waals surface area contributed by atoms with E-state index in [0.29, 0.717) is 28.6 Å². The summed E-state index contributed by atoms with van der Waals surface area (Å²) in [5.41, 5.74) is 2.17. The van der Waals surface area contributed by atoms with E-state index in [9.17, 15) is 9.59 Å². The fourth-order valence-electron chi connectivity index (χ4n) is 6.86. The van der Waals surface area contributed by atoms with Crippen LogP contribution >= 0.6 is 11.6 Å². The highest BCUT2D eigenvalue weighted by atomic mass is 35.5. The highest BCUT2D eigenvalue weighted by Gasteiger charge is 2.43. The third-order valence-corrected chi connectivity index (χ3v) is 11.1. The van der Waals surface area contributed by atoms with Crippen molar-refractivity contribution >= 4 is 53.7 Å². The molecule has 11 nitrogen and oxygen atoms in total. The number of fused-ring (bicyclic) bond motifs is 4. The molecule has 0 radical (unpaired) electrons. The zero-order valence-electron chi connectivity index (χ0n) is 28.2. The minimum absolute atomic E-state index is 0.00382. The topological polar surface area (TPSA) is 108 Å². The molecular weight excluding hydrogens is 622 g/mol. The van der Waals surface area contributed by atoms with Crippen molar-refractivity contribution in [2.45, 2.75) is 103 Å². The van der Waals surface area contributed by atoms with Crippen LogP contribution in [0.4, 0.5) is 10.7 Å². The number of carbonyl (C=O) groups excluding carboxylic acids is 1. The van der Waals surface area contributed by atoms with Crippen LogP contribution in [0.25, 0.3) is 33.1 Å². The first kappa shape index (κ1) is 32.6. The SMILES string of the molecule is Cn1cc2c(Cl)c(-c3cn(COCC[Si](C)(C)C)c4nc(N5C6CCC5CC(NC(=O)OC(C)(C)C)C6)n(C)c(=O)c34)ccc2n1. The number of nitrogens with zero attached hydrogens (tertiary/aromatic N) is 6. The predicted octanol–water partition coefficient (Wildman–Crippen LogP) is 6.28. The lowest BCUT2D eigenvalue weighted by Gasteiger charge is -2.40. The van der Waals surface area contributed by atoms with Crippen molar-refractivity contribution < 1.29 is 14.3 Å². The molecule has 2 unspecified atom stereocenters. The molecule has 248 valence electrons. The van der Waals surface area contributed by atoms with Crippen LogP contribution in [0, 0.1) is 0 Å².